The van der Waals surface area contributed by atoms with Gasteiger partial charge >= 0.3 is 0 Å². The number of fused-ring (bicyclic) bond motifs is 1. The second-order valence-corrected chi connectivity index (χ2v) is 4.80. The molecule has 4 nitrogen and oxygen atoms in total. The van der Waals surface area contributed by atoms with Gasteiger partial charge in [-0.2, -0.15) is 0 Å². The van der Waals surface area contributed by atoms with Gasteiger partial charge in [-0.05, 0) is 32.4 Å². The number of imidazole rings is 1. The van der Waals surface area contributed by atoms with Crippen LogP contribution in [-0.2, 0) is 0 Å². The first-order chi connectivity index (χ1) is 9.15. The molecule has 0 saturated carbocycles. The Bertz CT molecular complexity index is 574. The molecule has 2 rings (SSSR count). The van der Waals surface area contributed by atoms with E-state index in [4.69, 9.17) is 0 Å². The highest BCUT2D eigenvalue weighted by molar-refractivity contribution is 5.95. The van der Waals surface area contributed by atoms with Crippen molar-refractivity contribution in [2.75, 3.05) is 13.1 Å². The summed E-state index contributed by atoms with van der Waals surface area (Å²) in [5, 5.41) is 0. The predicted octanol–water partition coefficient (Wildman–Crippen LogP) is 2.90. The number of amides is 1. The maximum Gasteiger partial charge on any atom is 0.254 e. The number of hydrogen-bond donors (Lipinski definition) is 0. The fourth-order valence-electron chi connectivity index (χ4n) is 2.18. The lowest BCUT2D eigenvalue weighted by Gasteiger charge is -2.20. The van der Waals surface area contributed by atoms with E-state index in [-0.39, 0.29) is 5.91 Å². The molecule has 0 radical (unpaired) electrons. The monoisotopic (exact) mass is 259 g/mol. The van der Waals surface area contributed by atoms with Crippen molar-refractivity contribution in [1.82, 2.24) is 14.3 Å². The molecule has 19 heavy (non-hydrogen) atoms. The Labute approximate surface area is 114 Å². The maximum absolute atomic E-state index is 12.4. The van der Waals surface area contributed by atoms with Crippen LogP contribution in [0.25, 0.3) is 5.65 Å². The van der Waals surface area contributed by atoms with Crippen LogP contribution in [0.3, 0.4) is 0 Å². The average molecular weight is 259 g/mol. The minimum absolute atomic E-state index is 0.0964. The van der Waals surface area contributed by atoms with Crippen molar-refractivity contribution < 1.29 is 4.79 Å². The van der Waals surface area contributed by atoms with Gasteiger partial charge in [0.2, 0.25) is 0 Å². The molecule has 0 fully saturated rings. The number of hydrogen-bond acceptors (Lipinski definition) is 2. The van der Waals surface area contributed by atoms with E-state index in [2.05, 4.69) is 11.9 Å². The standard InChI is InChI=1S/C15H21N3O/c1-4-6-8-17(5-2)15(19)13-7-9-18-11-12(3)16-14(18)10-13/h7,9-11H,4-6,8H2,1-3H3. The normalized spacial score (nSPS) is 10.9. The van der Waals surface area contributed by atoms with Crippen molar-refractivity contribution >= 4 is 11.6 Å². The van der Waals surface area contributed by atoms with E-state index < -0.39 is 0 Å². The molecule has 0 aliphatic carbocycles. The van der Waals surface area contributed by atoms with Crippen LogP contribution in [0.1, 0.15) is 42.7 Å². The Kier molecular flexibility index (Phi) is 4.20. The van der Waals surface area contributed by atoms with Gasteiger partial charge in [0, 0.05) is 31.0 Å². The third kappa shape index (κ3) is 2.95. The van der Waals surface area contributed by atoms with Crippen molar-refractivity contribution in [3.05, 3.63) is 35.8 Å². The minimum atomic E-state index is 0.0964. The van der Waals surface area contributed by atoms with Crippen LogP contribution < -0.4 is 0 Å². The second-order valence-electron chi connectivity index (χ2n) is 4.80. The van der Waals surface area contributed by atoms with Gasteiger partial charge in [0.05, 0.1) is 5.69 Å². The van der Waals surface area contributed by atoms with E-state index in [0.29, 0.717) is 0 Å². The highest BCUT2D eigenvalue weighted by Crippen LogP contribution is 2.11. The van der Waals surface area contributed by atoms with Crippen LogP contribution in [0.15, 0.2) is 24.5 Å². The maximum atomic E-state index is 12.4. The second kappa shape index (κ2) is 5.87. The molecule has 0 N–H and O–H groups in total. The first kappa shape index (κ1) is 13.6. The van der Waals surface area contributed by atoms with Gasteiger partial charge in [0.1, 0.15) is 5.65 Å². The summed E-state index contributed by atoms with van der Waals surface area (Å²) in [4.78, 5) is 18.7. The molecule has 1 amide bonds. The van der Waals surface area contributed by atoms with Gasteiger partial charge in [0.25, 0.3) is 5.91 Å². The zero-order chi connectivity index (χ0) is 13.8. The number of carbonyl (C=O) groups excluding carboxylic acids is 1. The molecular weight excluding hydrogens is 238 g/mol. The lowest BCUT2D eigenvalue weighted by Crippen LogP contribution is -2.31. The third-order valence-electron chi connectivity index (χ3n) is 3.28. The van der Waals surface area contributed by atoms with Crippen LogP contribution in [0.2, 0.25) is 0 Å². The van der Waals surface area contributed by atoms with E-state index in [0.717, 1.165) is 42.8 Å². The molecule has 0 aliphatic rings. The summed E-state index contributed by atoms with van der Waals surface area (Å²) in [7, 11) is 0. The van der Waals surface area contributed by atoms with E-state index >= 15 is 0 Å². The van der Waals surface area contributed by atoms with Crippen molar-refractivity contribution in [1.29, 1.82) is 0 Å². The summed E-state index contributed by atoms with van der Waals surface area (Å²) >= 11 is 0. The Morgan fingerprint density at radius 3 is 2.89 bits per heavy atom. The van der Waals surface area contributed by atoms with Crippen LogP contribution >= 0.6 is 0 Å². The Balaban J connectivity index is 2.24. The number of unbranched alkanes of at least 4 members (excludes halogenated alkanes) is 1. The minimum Gasteiger partial charge on any atom is -0.339 e. The van der Waals surface area contributed by atoms with E-state index in [1.165, 1.54) is 0 Å². The molecule has 2 aromatic rings. The van der Waals surface area contributed by atoms with Crippen molar-refractivity contribution in [3.63, 3.8) is 0 Å². The lowest BCUT2D eigenvalue weighted by molar-refractivity contribution is 0.0762. The number of aryl methyl sites for hydroxylation is 1. The molecule has 2 heterocycles. The first-order valence-corrected chi connectivity index (χ1v) is 6.90. The van der Waals surface area contributed by atoms with Crippen LogP contribution in [0, 0.1) is 6.92 Å². The third-order valence-corrected chi connectivity index (χ3v) is 3.28. The Hall–Kier alpha value is -1.84. The number of carbonyl (C=O) groups is 1. The van der Waals surface area contributed by atoms with Gasteiger partial charge in [0.15, 0.2) is 0 Å². The molecule has 0 unspecified atom stereocenters. The summed E-state index contributed by atoms with van der Waals surface area (Å²) in [5.74, 6) is 0.0964. The molecule has 0 aliphatic heterocycles. The van der Waals surface area contributed by atoms with Gasteiger partial charge in [-0.3, -0.25) is 4.79 Å². The summed E-state index contributed by atoms with van der Waals surface area (Å²) in [5.41, 5.74) is 2.51. The highest BCUT2D eigenvalue weighted by Gasteiger charge is 2.14. The summed E-state index contributed by atoms with van der Waals surface area (Å²) in [6.45, 7) is 7.68. The van der Waals surface area contributed by atoms with Gasteiger partial charge in [-0.1, -0.05) is 13.3 Å². The first-order valence-electron chi connectivity index (χ1n) is 6.90. The van der Waals surface area contributed by atoms with E-state index in [1.54, 1.807) is 0 Å². The summed E-state index contributed by atoms with van der Waals surface area (Å²) in [6, 6.07) is 3.73. The Morgan fingerprint density at radius 1 is 1.42 bits per heavy atom. The fourth-order valence-corrected chi connectivity index (χ4v) is 2.18. The SMILES string of the molecule is CCCCN(CC)C(=O)c1ccn2cc(C)nc2c1. The van der Waals surface area contributed by atoms with Crippen LogP contribution in [-0.4, -0.2) is 33.3 Å². The number of nitrogens with zero attached hydrogens (tertiary/aromatic N) is 3. The van der Waals surface area contributed by atoms with Gasteiger partial charge in [-0.25, -0.2) is 4.98 Å². The molecule has 0 atom stereocenters. The topological polar surface area (TPSA) is 37.6 Å². The van der Waals surface area contributed by atoms with Gasteiger partial charge < -0.3 is 9.30 Å². The molecule has 0 spiro atoms. The highest BCUT2D eigenvalue weighted by atomic mass is 16.2. The molecule has 4 heteroatoms. The van der Waals surface area contributed by atoms with E-state index in [1.807, 2.05) is 47.7 Å². The number of rotatable bonds is 5. The zero-order valence-electron chi connectivity index (χ0n) is 11.9. The summed E-state index contributed by atoms with van der Waals surface area (Å²) in [6.07, 6.45) is 6.00. The van der Waals surface area contributed by atoms with Crippen molar-refractivity contribution in [2.45, 2.75) is 33.6 Å². The summed E-state index contributed by atoms with van der Waals surface area (Å²) < 4.78 is 1.94. The fraction of sp³-hybridized carbons (Fsp3) is 0.467. The van der Waals surface area contributed by atoms with Gasteiger partial charge in [-0.15, -0.1) is 0 Å². The van der Waals surface area contributed by atoms with Crippen LogP contribution in [0.5, 0.6) is 0 Å². The molecule has 0 bridgehead atoms. The number of aromatic nitrogens is 2. The molecule has 0 saturated heterocycles. The predicted molar refractivity (Wildman–Crippen MR) is 76.4 cm³/mol. The van der Waals surface area contributed by atoms with Crippen LogP contribution in [0.4, 0.5) is 0 Å². The zero-order valence-corrected chi connectivity index (χ0v) is 11.9. The molecule has 2 aromatic heterocycles. The molecule has 0 aromatic carbocycles. The van der Waals surface area contributed by atoms with Crippen molar-refractivity contribution in [3.8, 4) is 0 Å². The largest absolute Gasteiger partial charge is 0.339 e. The molecule has 102 valence electrons. The molecular formula is C15H21N3O. The van der Waals surface area contributed by atoms with Crippen molar-refractivity contribution in [2.24, 2.45) is 0 Å². The lowest BCUT2D eigenvalue weighted by atomic mass is 10.2. The average Bonchev–Trinajstić information content (AvgIpc) is 2.78. The van der Waals surface area contributed by atoms with E-state index in [9.17, 15) is 4.79 Å². The number of pyridine rings is 1. The Morgan fingerprint density at radius 2 is 2.21 bits per heavy atom. The smallest absolute Gasteiger partial charge is 0.254 e. The quantitative estimate of drug-likeness (QED) is 0.828.